The molecule has 2 saturated carbocycles. The first kappa shape index (κ1) is 16.8. The molecule has 2 aliphatic carbocycles. The second-order valence-electron chi connectivity index (χ2n) is 7.64. The standard InChI is InChI=1S/C17H31NO3/c1-16(2)10-6-14(7-11-16)21-12-8-13-5-4-9-17(13,18)15(19)20-3/h13-14H,4-12,18H2,1-3H3. The fourth-order valence-corrected chi connectivity index (χ4v) is 3.88. The van der Waals surface area contributed by atoms with Gasteiger partial charge >= 0.3 is 5.97 Å². The first-order valence-corrected chi connectivity index (χ1v) is 8.36. The van der Waals surface area contributed by atoms with Crippen LogP contribution in [0.25, 0.3) is 0 Å². The summed E-state index contributed by atoms with van der Waals surface area (Å²) in [7, 11) is 1.42. The maximum atomic E-state index is 11.9. The van der Waals surface area contributed by atoms with Crippen LogP contribution in [-0.4, -0.2) is 31.3 Å². The summed E-state index contributed by atoms with van der Waals surface area (Å²) < 4.78 is 10.9. The highest BCUT2D eigenvalue weighted by Gasteiger charge is 2.46. The van der Waals surface area contributed by atoms with Crippen molar-refractivity contribution in [1.29, 1.82) is 0 Å². The van der Waals surface area contributed by atoms with E-state index < -0.39 is 5.54 Å². The first-order valence-electron chi connectivity index (χ1n) is 8.36. The Morgan fingerprint density at radius 1 is 1.19 bits per heavy atom. The molecule has 2 fully saturated rings. The van der Waals surface area contributed by atoms with Gasteiger partial charge in [-0.05, 0) is 56.3 Å². The lowest BCUT2D eigenvalue weighted by Gasteiger charge is -2.34. The molecule has 122 valence electrons. The monoisotopic (exact) mass is 297 g/mol. The van der Waals surface area contributed by atoms with E-state index in [4.69, 9.17) is 15.2 Å². The van der Waals surface area contributed by atoms with Gasteiger partial charge in [0.25, 0.3) is 0 Å². The van der Waals surface area contributed by atoms with Gasteiger partial charge in [0.15, 0.2) is 0 Å². The fraction of sp³-hybridized carbons (Fsp3) is 0.941. The predicted octanol–water partition coefficient (Wildman–Crippen LogP) is 3.03. The van der Waals surface area contributed by atoms with Crippen LogP contribution >= 0.6 is 0 Å². The maximum Gasteiger partial charge on any atom is 0.326 e. The normalized spacial score (nSPS) is 33.0. The number of esters is 1. The molecule has 0 spiro atoms. The van der Waals surface area contributed by atoms with Crippen molar-refractivity contribution in [3.8, 4) is 0 Å². The quantitative estimate of drug-likeness (QED) is 0.792. The Bertz CT molecular complexity index is 359. The number of ether oxygens (including phenoxy) is 2. The lowest BCUT2D eigenvalue weighted by molar-refractivity contribution is -0.148. The Hall–Kier alpha value is -0.610. The zero-order valence-electron chi connectivity index (χ0n) is 13.8. The molecule has 0 aromatic carbocycles. The van der Waals surface area contributed by atoms with Gasteiger partial charge in [0.1, 0.15) is 5.54 Å². The van der Waals surface area contributed by atoms with E-state index >= 15 is 0 Å². The van der Waals surface area contributed by atoms with Crippen LogP contribution in [-0.2, 0) is 14.3 Å². The van der Waals surface area contributed by atoms with Crippen LogP contribution in [0.5, 0.6) is 0 Å². The lowest BCUT2D eigenvalue weighted by Crippen LogP contribution is -2.52. The molecule has 2 rings (SSSR count). The molecule has 2 atom stereocenters. The van der Waals surface area contributed by atoms with E-state index in [9.17, 15) is 4.79 Å². The van der Waals surface area contributed by atoms with Gasteiger partial charge in [0, 0.05) is 6.61 Å². The molecule has 0 radical (unpaired) electrons. The highest BCUT2D eigenvalue weighted by Crippen LogP contribution is 2.38. The van der Waals surface area contributed by atoms with Crippen LogP contribution in [0, 0.1) is 11.3 Å². The van der Waals surface area contributed by atoms with Crippen molar-refractivity contribution in [3.63, 3.8) is 0 Å². The molecule has 4 heteroatoms. The largest absolute Gasteiger partial charge is 0.468 e. The number of rotatable bonds is 5. The molecule has 2 N–H and O–H groups in total. The van der Waals surface area contributed by atoms with Crippen LogP contribution in [0.15, 0.2) is 0 Å². The number of carbonyl (C=O) groups excluding carboxylic acids is 1. The molecule has 0 aromatic rings. The molecule has 0 aliphatic heterocycles. The third-order valence-corrected chi connectivity index (χ3v) is 5.54. The first-order chi connectivity index (χ1) is 9.87. The zero-order valence-corrected chi connectivity index (χ0v) is 13.8. The van der Waals surface area contributed by atoms with E-state index in [1.54, 1.807) is 0 Å². The minimum atomic E-state index is -0.785. The number of carbonyl (C=O) groups is 1. The van der Waals surface area contributed by atoms with Crippen LogP contribution in [0.2, 0.25) is 0 Å². The molecule has 21 heavy (non-hydrogen) atoms. The molecule has 0 aromatic heterocycles. The highest BCUT2D eigenvalue weighted by molar-refractivity contribution is 5.81. The van der Waals surface area contributed by atoms with Gasteiger partial charge in [-0.2, -0.15) is 0 Å². The van der Waals surface area contributed by atoms with Crippen molar-refractivity contribution >= 4 is 5.97 Å². The average Bonchev–Trinajstić information content (AvgIpc) is 2.82. The Morgan fingerprint density at radius 3 is 2.48 bits per heavy atom. The second kappa shape index (κ2) is 6.66. The predicted molar refractivity (Wildman–Crippen MR) is 82.9 cm³/mol. The van der Waals surface area contributed by atoms with Gasteiger partial charge in [0.05, 0.1) is 13.2 Å². The summed E-state index contributed by atoms with van der Waals surface area (Å²) >= 11 is 0. The fourth-order valence-electron chi connectivity index (χ4n) is 3.88. The summed E-state index contributed by atoms with van der Waals surface area (Å²) in [6.45, 7) is 5.38. The molecule has 0 heterocycles. The molecular weight excluding hydrogens is 266 g/mol. The molecular formula is C17H31NO3. The Kier molecular flexibility index (Phi) is 5.31. The summed E-state index contributed by atoms with van der Waals surface area (Å²) in [4.78, 5) is 11.9. The zero-order chi connectivity index (χ0) is 15.5. The summed E-state index contributed by atoms with van der Waals surface area (Å²) in [5.41, 5.74) is 5.97. The van der Waals surface area contributed by atoms with E-state index in [2.05, 4.69) is 13.8 Å². The smallest absolute Gasteiger partial charge is 0.326 e. The van der Waals surface area contributed by atoms with Gasteiger partial charge in [0.2, 0.25) is 0 Å². The Balaban J connectivity index is 1.75. The summed E-state index contributed by atoms with van der Waals surface area (Å²) in [6.07, 6.45) is 8.80. The Labute approximate surface area is 128 Å². The van der Waals surface area contributed by atoms with Gasteiger partial charge in [-0.1, -0.05) is 20.3 Å². The summed E-state index contributed by atoms with van der Waals surface area (Å²) in [6, 6.07) is 0. The van der Waals surface area contributed by atoms with Gasteiger partial charge in [-0.15, -0.1) is 0 Å². The molecule has 0 saturated heterocycles. The van der Waals surface area contributed by atoms with Crippen molar-refractivity contribution < 1.29 is 14.3 Å². The number of methoxy groups -OCH3 is 1. The number of nitrogens with two attached hydrogens (primary N) is 1. The third kappa shape index (κ3) is 3.98. The van der Waals surface area contributed by atoms with Crippen molar-refractivity contribution in [3.05, 3.63) is 0 Å². The summed E-state index contributed by atoms with van der Waals surface area (Å²) in [5, 5.41) is 0. The van der Waals surface area contributed by atoms with Crippen molar-refractivity contribution in [2.75, 3.05) is 13.7 Å². The molecule has 0 amide bonds. The van der Waals surface area contributed by atoms with Crippen LogP contribution in [0.3, 0.4) is 0 Å². The van der Waals surface area contributed by atoms with Gasteiger partial charge in [-0.25, -0.2) is 0 Å². The molecule has 4 nitrogen and oxygen atoms in total. The SMILES string of the molecule is COC(=O)C1(N)CCCC1CCOC1CCC(C)(C)CC1. The van der Waals surface area contributed by atoms with Crippen LogP contribution in [0.1, 0.15) is 65.2 Å². The topological polar surface area (TPSA) is 61.5 Å². The maximum absolute atomic E-state index is 11.9. The van der Waals surface area contributed by atoms with E-state index in [0.717, 1.165) is 38.5 Å². The van der Waals surface area contributed by atoms with Crippen LogP contribution < -0.4 is 5.73 Å². The third-order valence-electron chi connectivity index (χ3n) is 5.54. The van der Waals surface area contributed by atoms with E-state index in [-0.39, 0.29) is 11.9 Å². The van der Waals surface area contributed by atoms with Crippen molar-refractivity contribution in [2.24, 2.45) is 17.1 Å². The molecule has 2 unspecified atom stereocenters. The van der Waals surface area contributed by atoms with Gasteiger partial charge < -0.3 is 15.2 Å². The number of hydrogen-bond acceptors (Lipinski definition) is 4. The van der Waals surface area contributed by atoms with Crippen molar-refractivity contribution in [2.45, 2.75) is 76.9 Å². The van der Waals surface area contributed by atoms with Crippen molar-refractivity contribution in [1.82, 2.24) is 0 Å². The van der Waals surface area contributed by atoms with Gasteiger partial charge in [-0.3, -0.25) is 4.79 Å². The molecule has 0 bridgehead atoms. The van der Waals surface area contributed by atoms with E-state index in [0.29, 0.717) is 18.1 Å². The van der Waals surface area contributed by atoms with E-state index in [1.807, 2.05) is 0 Å². The van der Waals surface area contributed by atoms with Crippen LogP contribution in [0.4, 0.5) is 0 Å². The lowest BCUT2D eigenvalue weighted by atomic mass is 9.76. The number of hydrogen-bond donors (Lipinski definition) is 1. The molecule has 2 aliphatic rings. The second-order valence-corrected chi connectivity index (χ2v) is 7.64. The Morgan fingerprint density at radius 2 is 1.86 bits per heavy atom. The highest BCUT2D eigenvalue weighted by atomic mass is 16.5. The van der Waals surface area contributed by atoms with E-state index in [1.165, 1.54) is 20.0 Å². The minimum absolute atomic E-state index is 0.199. The average molecular weight is 297 g/mol. The minimum Gasteiger partial charge on any atom is -0.468 e. The summed E-state index contributed by atoms with van der Waals surface area (Å²) in [5.74, 6) is -0.0607.